The van der Waals surface area contributed by atoms with Gasteiger partial charge < -0.3 is 19.0 Å². The number of carbonyl (C=O) groups excluding carboxylic acids is 1. The molecule has 1 aromatic carbocycles. The SMILES string of the molecule is CCOC(=O)C(OC1=CC=CCC1)c1cc(O)c(SCc2ccccc2)c(=O)o1. The van der Waals surface area contributed by atoms with Crippen molar-refractivity contribution in [3.05, 3.63) is 82.1 Å². The van der Waals surface area contributed by atoms with Crippen LogP contribution in [0.1, 0.15) is 37.2 Å². The zero-order valence-electron chi connectivity index (χ0n) is 16.0. The van der Waals surface area contributed by atoms with Gasteiger partial charge in [-0.15, -0.1) is 11.8 Å². The number of benzene rings is 1. The Bertz CT molecular complexity index is 961. The Hall–Kier alpha value is -2.93. The van der Waals surface area contributed by atoms with Crippen LogP contribution in [-0.2, 0) is 20.0 Å². The molecule has 1 aliphatic rings. The van der Waals surface area contributed by atoms with E-state index >= 15 is 0 Å². The highest BCUT2D eigenvalue weighted by molar-refractivity contribution is 7.98. The summed E-state index contributed by atoms with van der Waals surface area (Å²) in [4.78, 5) is 25.0. The maximum atomic E-state index is 12.5. The van der Waals surface area contributed by atoms with Crippen LogP contribution in [0.3, 0.4) is 0 Å². The topological polar surface area (TPSA) is 86.0 Å². The molecule has 1 N–H and O–H groups in total. The number of carbonyl (C=O) groups is 1. The molecule has 7 heteroatoms. The van der Waals surface area contributed by atoms with Gasteiger partial charge in [-0.3, -0.25) is 0 Å². The van der Waals surface area contributed by atoms with Crippen LogP contribution >= 0.6 is 11.8 Å². The molecule has 0 saturated heterocycles. The highest BCUT2D eigenvalue weighted by atomic mass is 32.2. The van der Waals surface area contributed by atoms with Crippen molar-refractivity contribution in [2.45, 2.75) is 36.5 Å². The van der Waals surface area contributed by atoms with Crippen molar-refractivity contribution >= 4 is 17.7 Å². The zero-order chi connectivity index (χ0) is 20.6. The fourth-order valence-electron chi connectivity index (χ4n) is 2.75. The highest BCUT2D eigenvalue weighted by Crippen LogP contribution is 2.32. The molecule has 1 atom stereocenters. The lowest BCUT2D eigenvalue weighted by atomic mass is 10.1. The molecular formula is C22H22O6S. The second-order valence-electron chi connectivity index (χ2n) is 6.27. The molecule has 2 aromatic rings. The lowest BCUT2D eigenvalue weighted by Crippen LogP contribution is -2.21. The maximum Gasteiger partial charge on any atom is 0.355 e. The van der Waals surface area contributed by atoms with Gasteiger partial charge in [-0.25, -0.2) is 9.59 Å². The third kappa shape index (κ3) is 5.54. The van der Waals surface area contributed by atoms with E-state index in [0.717, 1.165) is 12.0 Å². The average Bonchev–Trinajstić information content (AvgIpc) is 2.73. The van der Waals surface area contributed by atoms with Gasteiger partial charge in [-0.05, 0) is 25.0 Å². The molecule has 0 bridgehead atoms. The Labute approximate surface area is 172 Å². The minimum Gasteiger partial charge on any atom is -0.506 e. The predicted octanol–water partition coefficient (Wildman–Crippen LogP) is 4.49. The summed E-state index contributed by atoms with van der Waals surface area (Å²) in [6, 6.07) is 10.8. The normalized spacial score (nSPS) is 14.2. The number of rotatable bonds is 8. The van der Waals surface area contributed by atoms with E-state index in [1.165, 1.54) is 17.8 Å². The first-order valence-corrected chi connectivity index (χ1v) is 10.3. The van der Waals surface area contributed by atoms with Crippen LogP contribution in [0.5, 0.6) is 5.75 Å². The van der Waals surface area contributed by atoms with E-state index < -0.39 is 17.7 Å². The highest BCUT2D eigenvalue weighted by Gasteiger charge is 2.29. The van der Waals surface area contributed by atoms with Gasteiger partial charge in [0.1, 0.15) is 10.6 Å². The third-order valence-corrected chi connectivity index (χ3v) is 5.28. The van der Waals surface area contributed by atoms with E-state index in [1.807, 2.05) is 42.5 Å². The second kappa shape index (κ2) is 10.0. The van der Waals surface area contributed by atoms with Crippen molar-refractivity contribution < 1.29 is 23.8 Å². The number of ether oxygens (including phenoxy) is 2. The molecule has 1 heterocycles. The fraction of sp³-hybridized carbons (Fsp3) is 0.273. The molecule has 0 spiro atoms. The lowest BCUT2D eigenvalue weighted by Gasteiger charge is -2.20. The summed E-state index contributed by atoms with van der Waals surface area (Å²) in [5.41, 5.74) is 0.279. The van der Waals surface area contributed by atoms with E-state index in [-0.39, 0.29) is 23.0 Å². The standard InChI is InChI=1S/C22H22O6S/c1-2-26-21(24)19(27-16-11-7-4-8-12-16)18-13-17(23)20(22(25)28-18)29-14-15-9-5-3-6-10-15/h3-7,9-11,13,19,23H,2,8,12,14H2,1H3. The summed E-state index contributed by atoms with van der Waals surface area (Å²) in [6.07, 6.45) is 5.70. The van der Waals surface area contributed by atoms with Gasteiger partial charge in [0.2, 0.25) is 0 Å². The Kier molecular flexibility index (Phi) is 7.19. The van der Waals surface area contributed by atoms with Crippen molar-refractivity contribution in [2.75, 3.05) is 6.61 Å². The van der Waals surface area contributed by atoms with E-state index in [4.69, 9.17) is 13.9 Å². The van der Waals surface area contributed by atoms with Gasteiger partial charge >= 0.3 is 11.6 Å². The molecule has 0 radical (unpaired) electrons. The van der Waals surface area contributed by atoms with Gasteiger partial charge in [-0.2, -0.15) is 0 Å². The van der Waals surface area contributed by atoms with E-state index in [2.05, 4.69) is 0 Å². The summed E-state index contributed by atoms with van der Waals surface area (Å²) in [6.45, 7) is 1.83. The molecule has 6 nitrogen and oxygen atoms in total. The van der Waals surface area contributed by atoms with Gasteiger partial charge in [0.05, 0.1) is 12.4 Å². The number of hydrogen-bond donors (Lipinski definition) is 1. The molecule has 0 saturated carbocycles. The van der Waals surface area contributed by atoms with Crippen LogP contribution < -0.4 is 5.63 Å². The number of allylic oxidation sites excluding steroid dienone is 4. The first kappa shape index (κ1) is 20.8. The van der Waals surface area contributed by atoms with Crippen LogP contribution in [0, 0.1) is 0 Å². The van der Waals surface area contributed by atoms with Crippen LogP contribution in [-0.4, -0.2) is 17.7 Å². The molecule has 1 aromatic heterocycles. The summed E-state index contributed by atoms with van der Waals surface area (Å²) in [7, 11) is 0. The summed E-state index contributed by atoms with van der Waals surface area (Å²) >= 11 is 1.17. The molecule has 1 aliphatic carbocycles. The molecule has 3 rings (SSSR count). The van der Waals surface area contributed by atoms with Crippen LogP contribution in [0.25, 0.3) is 0 Å². The number of hydrogen-bond acceptors (Lipinski definition) is 7. The fourth-order valence-corrected chi connectivity index (χ4v) is 3.62. The van der Waals surface area contributed by atoms with Crippen molar-refractivity contribution in [1.82, 2.24) is 0 Å². The van der Waals surface area contributed by atoms with Gasteiger partial charge in [0.15, 0.2) is 5.76 Å². The summed E-state index contributed by atoms with van der Waals surface area (Å²) < 4.78 is 16.2. The Morgan fingerprint density at radius 2 is 2.10 bits per heavy atom. The van der Waals surface area contributed by atoms with Crippen LogP contribution in [0.4, 0.5) is 0 Å². The molecule has 29 heavy (non-hydrogen) atoms. The molecule has 1 unspecified atom stereocenters. The van der Waals surface area contributed by atoms with Gasteiger partial charge in [-0.1, -0.05) is 42.5 Å². The van der Waals surface area contributed by atoms with Gasteiger partial charge in [0, 0.05) is 18.2 Å². The van der Waals surface area contributed by atoms with E-state index in [0.29, 0.717) is 17.9 Å². The molecule has 0 amide bonds. The smallest absolute Gasteiger partial charge is 0.355 e. The maximum absolute atomic E-state index is 12.5. The summed E-state index contributed by atoms with van der Waals surface area (Å²) in [5, 5.41) is 10.4. The van der Waals surface area contributed by atoms with Crippen LogP contribution in [0.2, 0.25) is 0 Å². The van der Waals surface area contributed by atoms with Crippen molar-refractivity contribution in [3.8, 4) is 5.75 Å². The minimum atomic E-state index is -1.26. The molecule has 152 valence electrons. The zero-order valence-corrected chi connectivity index (χ0v) is 16.8. The van der Waals surface area contributed by atoms with Gasteiger partial charge in [0.25, 0.3) is 6.10 Å². The molecule has 0 fully saturated rings. The average molecular weight is 414 g/mol. The largest absolute Gasteiger partial charge is 0.506 e. The molecule has 0 aliphatic heterocycles. The van der Waals surface area contributed by atoms with Crippen molar-refractivity contribution in [3.63, 3.8) is 0 Å². The lowest BCUT2D eigenvalue weighted by molar-refractivity contribution is -0.156. The Morgan fingerprint density at radius 1 is 1.31 bits per heavy atom. The summed E-state index contributed by atoms with van der Waals surface area (Å²) in [5.74, 6) is 0.0405. The van der Waals surface area contributed by atoms with E-state index in [1.54, 1.807) is 13.0 Å². The van der Waals surface area contributed by atoms with Crippen molar-refractivity contribution in [2.24, 2.45) is 0 Å². The quantitative estimate of drug-likeness (QED) is 0.503. The van der Waals surface area contributed by atoms with Crippen LogP contribution in [0.15, 0.2) is 74.5 Å². The number of thioether (sulfide) groups is 1. The minimum absolute atomic E-state index is 0.0834. The monoisotopic (exact) mass is 414 g/mol. The number of aromatic hydroxyl groups is 1. The van der Waals surface area contributed by atoms with Crippen molar-refractivity contribution in [1.29, 1.82) is 0 Å². The second-order valence-corrected chi connectivity index (χ2v) is 7.26. The first-order valence-electron chi connectivity index (χ1n) is 9.31. The Balaban J connectivity index is 1.84. The number of esters is 1. The third-order valence-electron chi connectivity index (χ3n) is 4.14. The Morgan fingerprint density at radius 3 is 2.76 bits per heavy atom. The molecular weight excluding hydrogens is 392 g/mol. The van der Waals surface area contributed by atoms with E-state index in [9.17, 15) is 14.7 Å². The first-order chi connectivity index (χ1) is 14.1. The predicted molar refractivity (Wildman–Crippen MR) is 110 cm³/mol.